The van der Waals surface area contributed by atoms with Crippen LogP contribution < -0.4 is 5.32 Å². The van der Waals surface area contributed by atoms with Crippen molar-refractivity contribution in [1.82, 2.24) is 9.97 Å². The number of hydrogen-bond acceptors (Lipinski definition) is 3. The smallest absolute Gasteiger partial charge is 0.140 e. The normalized spacial score (nSPS) is 12.1. The molecule has 0 aliphatic rings. The van der Waals surface area contributed by atoms with E-state index in [1.165, 1.54) is 5.56 Å². The van der Waals surface area contributed by atoms with Crippen molar-refractivity contribution in [1.29, 1.82) is 0 Å². The molecule has 0 spiro atoms. The lowest BCUT2D eigenvalue weighted by Gasteiger charge is -2.15. The van der Waals surface area contributed by atoms with Crippen LogP contribution in [0.2, 0.25) is 0 Å². The number of pyridine rings is 2. The number of aromatic nitrogens is 2. The number of nitrogens with one attached hydrogen (secondary N) is 1. The van der Waals surface area contributed by atoms with Crippen molar-refractivity contribution in [3.8, 4) is 0 Å². The van der Waals surface area contributed by atoms with Gasteiger partial charge in [-0.15, -0.1) is 0 Å². The average Bonchev–Trinajstić information content (AvgIpc) is 2.33. The van der Waals surface area contributed by atoms with Gasteiger partial charge in [-0.3, -0.25) is 4.98 Å². The lowest BCUT2D eigenvalue weighted by Crippen LogP contribution is -2.08. The molecular weight excluding hydrogens is 266 g/mol. The van der Waals surface area contributed by atoms with Crippen LogP contribution in [0.5, 0.6) is 0 Å². The van der Waals surface area contributed by atoms with E-state index in [1.54, 1.807) is 18.6 Å². The Balaban J connectivity index is 2.14. The van der Waals surface area contributed by atoms with Crippen molar-refractivity contribution in [3.05, 3.63) is 52.9 Å². The summed E-state index contributed by atoms with van der Waals surface area (Å²) in [5.41, 5.74) is 1.19. The van der Waals surface area contributed by atoms with Crippen molar-refractivity contribution >= 4 is 21.7 Å². The van der Waals surface area contributed by atoms with E-state index in [0.717, 1.165) is 10.3 Å². The van der Waals surface area contributed by atoms with Gasteiger partial charge in [-0.25, -0.2) is 4.98 Å². The maximum atomic E-state index is 4.27. The molecule has 3 nitrogen and oxygen atoms in total. The van der Waals surface area contributed by atoms with E-state index in [4.69, 9.17) is 0 Å². The van der Waals surface area contributed by atoms with Crippen molar-refractivity contribution in [2.24, 2.45) is 0 Å². The Kier molecular flexibility index (Phi) is 3.51. The molecule has 0 aromatic carbocycles. The fourth-order valence-electron chi connectivity index (χ4n) is 1.43. The van der Waals surface area contributed by atoms with Crippen molar-refractivity contribution in [3.63, 3.8) is 0 Å². The summed E-state index contributed by atoms with van der Waals surface area (Å²) in [7, 11) is 0. The van der Waals surface area contributed by atoms with Crippen LogP contribution in [0.15, 0.2) is 47.3 Å². The standard InChI is InChI=1S/C12H12BrN3/c1-9(10-4-7-14-8-5-10)16-12-11(13)3-2-6-15-12/h2-9H,1H3,(H,15,16). The molecule has 0 radical (unpaired) electrons. The number of rotatable bonds is 3. The Morgan fingerprint density at radius 2 is 1.94 bits per heavy atom. The molecule has 0 bridgehead atoms. The summed E-state index contributed by atoms with van der Waals surface area (Å²) in [6.07, 6.45) is 5.36. The number of hydrogen-bond donors (Lipinski definition) is 1. The third-order valence-electron chi connectivity index (χ3n) is 2.32. The molecule has 2 heterocycles. The summed E-state index contributed by atoms with van der Waals surface area (Å²) in [6.45, 7) is 2.09. The second kappa shape index (κ2) is 5.07. The van der Waals surface area contributed by atoms with Gasteiger partial charge in [-0.05, 0) is 52.7 Å². The highest BCUT2D eigenvalue weighted by atomic mass is 79.9. The quantitative estimate of drug-likeness (QED) is 0.934. The zero-order valence-corrected chi connectivity index (χ0v) is 10.5. The molecule has 0 aliphatic heterocycles. The van der Waals surface area contributed by atoms with E-state index in [-0.39, 0.29) is 6.04 Å². The van der Waals surface area contributed by atoms with Gasteiger partial charge >= 0.3 is 0 Å². The molecule has 1 atom stereocenters. The summed E-state index contributed by atoms with van der Waals surface area (Å²) in [4.78, 5) is 8.27. The molecule has 0 amide bonds. The molecule has 1 N–H and O–H groups in total. The molecule has 2 aromatic heterocycles. The minimum atomic E-state index is 0.203. The van der Waals surface area contributed by atoms with Crippen LogP contribution in [0.1, 0.15) is 18.5 Å². The highest BCUT2D eigenvalue weighted by molar-refractivity contribution is 9.10. The molecule has 4 heteroatoms. The highest BCUT2D eigenvalue weighted by Crippen LogP contribution is 2.23. The molecule has 16 heavy (non-hydrogen) atoms. The zero-order chi connectivity index (χ0) is 11.4. The monoisotopic (exact) mass is 277 g/mol. The van der Waals surface area contributed by atoms with Gasteiger partial charge in [-0.1, -0.05) is 0 Å². The van der Waals surface area contributed by atoms with Crippen LogP contribution in [0.25, 0.3) is 0 Å². The Hall–Kier alpha value is -1.42. The van der Waals surface area contributed by atoms with Crippen LogP contribution in [-0.4, -0.2) is 9.97 Å². The van der Waals surface area contributed by atoms with Crippen LogP contribution in [0.4, 0.5) is 5.82 Å². The summed E-state index contributed by atoms with van der Waals surface area (Å²) < 4.78 is 0.968. The first-order valence-corrected chi connectivity index (χ1v) is 5.83. The van der Waals surface area contributed by atoms with Gasteiger partial charge < -0.3 is 5.32 Å². The predicted octanol–water partition coefficient (Wildman–Crippen LogP) is 3.41. The van der Waals surface area contributed by atoms with Crippen LogP contribution in [0, 0.1) is 0 Å². The molecule has 0 aliphatic carbocycles. The van der Waals surface area contributed by atoms with Gasteiger partial charge in [0.1, 0.15) is 5.82 Å². The fourth-order valence-corrected chi connectivity index (χ4v) is 1.80. The Bertz CT molecular complexity index is 459. The Morgan fingerprint density at radius 3 is 2.62 bits per heavy atom. The number of anilines is 1. The maximum Gasteiger partial charge on any atom is 0.140 e. The van der Waals surface area contributed by atoms with E-state index < -0.39 is 0 Å². The van der Waals surface area contributed by atoms with Crippen LogP contribution in [0.3, 0.4) is 0 Å². The first-order valence-electron chi connectivity index (χ1n) is 5.04. The van der Waals surface area contributed by atoms with Gasteiger partial charge in [-0.2, -0.15) is 0 Å². The average molecular weight is 278 g/mol. The molecule has 2 rings (SSSR count). The topological polar surface area (TPSA) is 37.8 Å². The van der Waals surface area contributed by atoms with Crippen LogP contribution in [-0.2, 0) is 0 Å². The molecule has 1 unspecified atom stereocenters. The Morgan fingerprint density at radius 1 is 1.19 bits per heavy atom. The minimum absolute atomic E-state index is 0.203. The number of nitrogens with zero attached hydrogens (tertiary/aromatic N) is 2. The molecule has 82 valence electrons. The molecular formula is C12H12BrN3. The fraction of sp³-hybridized carbons (Fsp3) is 0.167. The minimum Gasteiger partial charge on any atom is -0.363 e. The lowest BCUT2D eigenvalue weighted by atomic mass is 10.1. The summed E-state index contributed by atoms with van der Waals surface area (Å²) in [5.74, 6) is 0.854. The molecule has 0 saturated carbocycles. The van der Waals surface area contributed by atoms with Crippen molar-refractivity contribution in [2.75, 3.05) is 5.32 Å². The molecule has 0 saturated heterocycles. The van der Waals surface area contributed by atoms with Crippen molar-refractivity contribution < 1.29 is 0 Å². The van der Waals surface area contributed by atoms with E-state index in [2.05, 4.69) is 38.1 Å². The molecule has 2 aromatic rings. The van der Waals surface area contributed by atoms with Gasteiger partial charge in [0, 0.05) is 18.6 Å². The highest BCUT2D eigenvalue weighted by Gasteiger charge is 2.07. The third kappa shape index (κ3) is 2.58. The van der Waals surface area contributed by atoms with Crippen LogP contribution >= 0.6 is 15.9 Å². The Labute approximate surface area is 103 Å². The summed E-state index contributed by atoms with van der Waals surface area (Å²) in [6, 6.07) is 8.05. The maximum absolute atomic E-state index is 4.27. The first kappa shape index (κ1) is 11.1. The van der Waals surface area contributed by atoms with E-state index >= 15 is 0 Å². The third-order valence-corrected chi connectivity index (χ3v) is 2.96. The van der Waals surface area contributed by atoms with Gasteiger partial charge in [0.15, 0.2) is 0 Å². The summed E-state index contributed by atoms with van der Waals surface area (Å²) >= 11 is 3.46. The van der Waals surface area contributed by atoms with E-state index in [1.807, 2.05) is 24.3 Å². The lowest BCUT2D eigenvalue weighted by molar-refractivity contribution is 0.869. The van der Waals surface area contributed by atoms with E-state index in [0.29, 0.717) is 0 Å². The van der Waals surface area contributed by atoms with Gasteiger partial charge in [0.25, 0.3) is 0 Å². The second-order valence-corrected chi connectivity index (χ2v) is 4.33. The predicted molar refractivity (Wildman–Crippen MR) is 68.2 cm³/mol. The molecule has 0 fully saturated rings. The van der Waals surface area contributed by atoms with Gasteiger partial charge in [0.05, 0.1) is 10.5 Å². The second-order valence-electron chi connectivity index (χ2n) is 3.48. The number of halogens is 1. The van der Waals surface area contributed by atoms with Gasteiger partial charge in [0.2, 0.25) is 0 Å². The largest absolute Gasteiger partial charge is 0.363 e. The first-order chi connectivity index (χ1) is 7.77. The van der Waals surface area contributed by atoms with Crippen molar-refractivity contribution in [2.45, 2.75) is 13.0 Å². The van der Waals surface area contributed by atoms with E-state index in [9.17, 15) is 0 Å². The zero-order valence-electron chi connectivity index (χ0n) is 8.89. The summed E-state index contributed by atoms with van der Waals surface area (Å²) in [5, 5.41) is 3.34. The SMILES string of the molecule is CC(Nc1ncccc1Br)c1ccncc1.